The summed E-state index contributed by atoms with van der Waals surface area (Å²) in [5, 5.41) is 0.805. The molecule has 2 atom stereocenters. The Morgan fingerprint density at radius 2 is 1.69 bits per heavy atom. The standard InChI is InChI=1S/C27H24Cl2F4N2O/c1-16-3-6-18(7-4-16)26(36)35-14-20(19-8-10-22(28)23(29)12-19)25(15-35)34(2)13-17-5-9-21(24(30)11-17)27(31,32)33/h3-12,20,25H,13-15H2,1-2H3. The highest BCUT2D eigenvalue weighted by atomic mass is 35.5. The molecular formula is C27H24Cl2F4N2O. The number of hydrogen-bond donors (Lipinski definition) is 0. The Kier molecular flexibility index (Phi) is 7.64. The molecule has 3 aromatic rings. The van der Waals surface area contributed by atoms with E-state index in [1.54, 1.807) is 29.2 Å². The first kappa shape index (κ1) is 26.5. The van der Waals surface area contributed by atoms with Crippen LogP contribution < -0.4 is 0 Å². The molecule has 1 heterocycles. The topological polar surface area (TPSA) is 23.6 Å². The third-order valence-electron chi connectivity index (χ3n) is 6.58. The molecule has 0 bridgehead atoms. The fraction of sp³-hybridized carbons (Fsp3) is 0.296. The summed E-state index contributed by atoms with van der Waals surface area (Å²) < 4.78 is 53.0. The van der Waals surface area contributed by atoms with Crippen molar-refractivity contribution in [2.45, 2.75) is 31.6 Å². The van der Waals surface area contributed by atoms with E-state index < -0.39 is 17.6 Å². The number of aryl methyl sites for hydroxylation is 1. The van der Waals surface area contributed by atoms with Crippen LogP contribution in [-0.2, 0) is 12.7 Å². The highest BCUT2D eigenvalue weighted by Gasteiger charge is 2.39. The normalized spacial score (nSPS) is 18.2. The van der Waals surface area contributed by atoms with E-state index in [1.807, 2.05) is 37.1 Å². The van der Waals surface area contributed by atoms with Gasteiger partial charge in [0.15, 0.2) is 0 Å². The quantitative estimate of drug-likeness (QED) is 0.320. The first-order valence-corrected chi connectivity index (χ1v) is 12.1. The van der Waals surface area contributed by atoms with Gasteiger partial charge in [0.1, 0.15) is 5.82 Å². The van der Waals surface area contributed by atoms with Crippen molar-refractivity contribution in [2.75, 3.05) is 20.1 Å². The summed E-state index contributed by atoms with van der Waals surface area (Å²) >= 11 is 12.4. The van der Waals surface area contributed by atoms with Crippen molar-refractivity contribution in [3.8, 4) is 0 Å². The minimum atomic E-state index is -4.75. The highest BCUT2D eigenvalue weighted by molar-refractivity contribution is 6.42. The SMILES string of the molecule is Cc1ccc(C(=O)N2CC(c3ccc(Cl)c(Cl)c3)C(N(C)Cc3ccc(C(F)(F)F)c(F)c3)C2)cc1. The summed E-state index contributed by atoms with van der Waals surface area (Å²) in [5.74, 6) is -1.56. The molecular weight excluding hydrogens is 515 g/mol. The maximum absolute atomic E-state index is 14.2. The van der Waals surface area contributed by atoms with Gasteiger partial charge < -0.3 is 4.90 Å². The lowest BCUT2D eigenvalue weighted by Crippen LogP contribution is -2.38. The fourth-order valence-corrected chi connectivity index (χ4v) is 4.95. The lowest BCUT2D eigenvalue weighted by Gasteiger charge is -2.29. The third kappa shape index (κ3) is 5.69. The summed E-state index contributed by atoms with van der Waals surface area (Å²) in [6.45, 7) is 2.95. The molecule has 3 nitrogen and oxygen atoms in total. The van der Waals surface area contributed by atoms with Crippen LogP contribution in [0.25, 0.3) is 0 Å². The number of amides is 1. The highest BCUT2D eigenvalue weighted by Crippen LogP contribution is 2.36. The molecule has 4 rings (SSSR count). The van der Waals surface area contributed by atoms with E-state index in [1.165, 1.54) is 6.07 Å². The van der Waals surface area contributed by atoms with E-state index in [9.17, 15) is 22.4 Å². The molecule has 0 radical (unpaired) electrons. The lowest BCUT2D eigenvalue weighted by atomic mass is 9.93. The number of likely N-dealkylation sites (tertiary alicyclic amines) is 1. The van der Waals surface area contributed by atoms with Crippen molar-refractivity contribution in [2.24, 2.45) is 0 Å². The molecule has 0 aromatic heterocycles. The van der Waals surface area contributed by atoms with E-state index in [4.69, 9.17) is 23.2 Å². The van der Waals surface area contributed by atoms with Crippen LogP contribution in [0.1, 0.15) is 38.5 Å². The van der Waals surface area contributed by atoms with Crippen LogP contribution in [0.2, 0.25) is 10.0 Å². The largest absolute Gasteiger partial charge is 0.419 e. The lowest BCUT2D eigenvalue weighted by molar-refractivity contribution is -0.140. The van der Waals surface area contributed by atoms with Crippen LogP contribution in [-0.4, -0.2) is 41.9 Å². The first-order valence-electron chi connectivity index (χ1n) is 11.3. The maximum atomic E-state index is 14.2. The molecule has 1 fully saturated rings. The number of carbonyl (C=O) groups is 1. The second-order valence-electron chi connectivity index (χ2n) is 9.15. The van der Waals surface area contributed by atoms with E-state index in [2.05, 4.69) is 0 Å². The fourth-order valence-electron chi connectivity index (χ4n) is 4.64. The Balaban J connectivity index is 1.61. The second-order valence-corrected chi connectivity index (χ2v) is 9.97. The Labute approximate surface area is 217 Å². The third-order valence-corrected chi connectivity index (χ3v) is 7.32. The Bertz CT molecular complexity index is 1260. The van der Waals surface area contributed by atoms with Gasteiger partial charge in [-0.15, -0.1) is 0 Å². The Morgan fingerprint density at radius 1 is 1.00 bits per heavy atom. The van der Waals surface area contributed by atoms with E-state index in [0.717, 1.165) is 23.3 Å². The molecule has 1 aliphatic rings. The number of hydrogen-bond acceptors (Lipinski definition) is 2. The van der Waals surface area contributed by atoms with Crippen LogP contribution in [0.15, 0.2) is 60.7 Å². The van der Waals surface area contributed by atoms with Crippen LogP contribution >= 0.6 is 23.2 Å². The van der Waals surface area contributed by atoms with Gasteiger partial charge in [0.2, 0.25) is 0 Å². The molecule has 1 aliphatic heterocycles. The molecule has 190 valence electrons. The average Bonchev–Trinajstić information content (AvgIpc) is 3.26. The van der Waals surface area contributed by atoms with Crippen molar-refractivity contribution in [3.63, 3.8) is 0 Å². The van der Waals surface area contributed by atoms with Gasteiger partial charge in [-0.1, -0.05) is 53.0 Å². The van der Waals surface area contributed by atoms with Gasteiger partial charge in [-0.3, -0.25) is 9.69 Å². The summed E-state index contributed by atoms with van der Waals surface area (Å²) in [4.78, 5) is 16.9. The zero-order chi connectivity index (χ0) is 26.2. The molecule has 9 heteroatoms. The molecule has 3 aromatic carbocycles. The van der Waals surface area contributed by atoms with E-state index in [0.29, 0.717) is 34.3 Å². The molecule has 2 unspecified atom stereocenters. The van der Waals surface area contributed by atoms with E-state index in [-0.39, 0.29) is 24.4 Å². The number of rotatable bonds is 5. The molecule has 1 saturated heterocycles. The average molecular weight is 539 g/mol. The van der Waals surface area contributed by atoms with Gasteiger partial charge in [0.25, 0.3) is 5.91 Å². The van der Waals surface area contributed by atoms with Gasteiger partial charge in [0.05, 0.1) is 15.6 Å². The zero-order valence-electron chi connectivity index (χ0n) is 19.6. The van der Waals surface area contributed by atoms with Gasteiger partial charge >= 0.3 is 6.18 Å². The summed E-state index contributed by atoms with van der Waals surface area (Å²) in [5.41, 5.74) is 1.61. The number of nitrogens with zero attached hydrogens (tertiary/aromatic N) is 2. The van der Waals surface area contributed by atoms with Gasteiger partial charge in [-0.05, 0) is 61.5 Å². The molecule has 0 saturated carbocycles. The molecule has 0 aliphatic carbocycles. The predicted molar refractivity (Wildman–Crippen MR) is 133 cm³/mol. The molecule has 1 amide bonds. The smallest absolute Gasteiger partial charge is 0.336 e. The van der Waals surface area contributed by atoms with E-state index >= 15 is 0 Å². The maximum Gasteiger partial charge on any atom is 0.419 e. The number of carbonyl (C=O) groups excluding carboxylic acids is 1. The summed E-state index contributed by atoms with van der Waals surface area (Å²) in [6, 6.07) is 15.4. The minimum absolute atomic E-state index is 0.114. The monoisotopic (exact) mass is 538 g/mol. The number of alkyl halides is 3. The molecule has 36 heavy (non-hydrogen) atoms. The van der Waals surface area contributed by atoms with Crippen molar-refractivity contribution < 1.29 is 22.4 Å². The van der Waals surface area contributed by atoms with Gasteiger partial charge in [0, 0.05) is 37.2 Å². The van der Waals surface area contributed by atoms with Crippen molar-refractivity contribution in [1.82, 2.24) is 9.80 Å². The Morgan fingerprint density at radius 3 is 2.31 bits per heavy atom. The number of benzene rings is 3. The predicted octanol–water partition coefficient (Wildman–Crippen LogP) is 7.20. The van der Waals surface area contributed by atoms with Crippen LogP contribution in [0.5, 0.6) is 0 Å². The van der Waals surface area contributed by atoms with Gasteiger partial charge in [-0.2, -0.15) is 13.2 Å². The molecule has 0 spiro atoms. The van der Waals surface area contributed by atoms with Crippen molar-refractivity contribution in [1.29, 1.82) is 0 Å². The molecule has 0 N–H and O–H groups in total. The van der Waals surface area contributed by atoms with Crippen LogP contribution in [0, 0.1) is 12.7 Å². The zero-order valence-corrected chi connectivity index (χ0v) is 21.1. The second kappa shape index (κ2) is 10.4. The number of likely N-dealkylation sites (N-methyl/N-ethyl adjacent to an activating group) is 1. The van der Waals surface area contributed by atoms with Crippen LogP contribution in [0.3, 0.4) is 0 Å². The first-order chi connectivity index (χ1) is 16.9. The van der Waals surface area contributed by atoms with Gasteiger partial charge in [-0.25, -0.2) is 4.39 Å². The number of halogens is 6. The minimum Gasteiger partial charge on any atom is -0.336 e. The van der Waals surface area contributed by atoms with Crippen molar-refractivity contribution >= 4 is 29.1 Å². The van der Waals surface area contributed by atoms with Crippen molar-refractivity contribution in [3.05, 3.63) is 104 Å². The summed E-state index contributed by atoms with van der Waals surface area (Å²) in [6.07, 6.45) is -4.75. The summed E-state index contributed by atoms with van der Waals surface area (Å²) in [7, 11) is 1.81. The Hall–Kier alpha value is -2.61. The van der Waals surface area contributed by atoms with Crippen LogP contribution in [0.4, 0.5) is 17.6 Å².